The molecule has 0 radical (unpaired) electrons. The summed E-state index contributed by atoms with van der Waals surface area (Å²) >= 11 is 1.44. The van der Waals surface area contributed by atoms with Gasteiger partial charge in [-0.1, -0.05) is 18.2 Å². The third-order valence-electron chi connectivity index (χ3n) is 4.84. The first-order valence-electron chi connectivity index (χ1n) is 9.36. The Hall–Kier alpha value is -2.94. The number of nitrogens with two attached hydrogens (primary N) is 1. The fourth-order valence-electron chi connectivity index (χ4n) is 3.39. The van der Waals surface area contributed by atoms with Crippen LogP contribution < -0.4 is 16.4 Å². The Bertz CT molecular complexity index is 866. The number of likely N-dealkylation sites (tertiary alicyclic amines) is 1. The average Bonchev–Trinajstić information content (AvgIpc) is 3.22. The first-order valence-corrected chi connectivity index (χ1v) is 10.2. The van der Waals surface area contributed by atoms with Crippen LogP contribution >= 0.6 is 11.3 Å². The zero-order chi connectivity index (χ0) is 20.8. The van der Waals surface area contributed by atoms with Crippen LogP contribution in [0.3, 0.4) is 0 Å². The van der Waals surface area contributed by atoms with E-state index in [4.69, 9.17) is 5.73 Å². The van der Waals surface area contributed by atoms with Crippen molar-refractivity contribution in [2.24, 2.45) is 5.73 Å². The van der Waals surface area contributed by atoms with Crippen molar-refractivity contribution in [3.63, 3.8) is 0 Å². The monoisotopic (exact) mass is 418 g/mol. The molecular formula is C20H23FN4O3S. The van der Waals surface area contributed by atoms with Crippen molar-refractivity contribution in [3.05, 3.63) is 58.0 Å². The van der Waals surface area contributed by atoms with E-state index in [9.17, 15) is 18.8 Å². The fourth-order valence-corrected chi connectivity index (χ4v) is 4.17. The van der Waals surface area contributed by atoms with Gasteiger partial charge in [0, 0.05) is 24.0 Å². The lowest BCUT2D eigenvalue weighted by Crippen LogP contribution is -2.47. The second-order valence-corrected chi connectivity index (χ2v) is 7.87. The second-order valence-electron chi connectivity index (χ2n) is 6.89. The molecule has 0 spiro atoms. The molecule has 7 nitrogen and oxygen atoms in total. The Balaban J connectivity index is 1.51. The number of primary amides is 1. The quantitative estimate of drug-likeness (QED) is 0.671. The molecule has 1 atom stereocenters. The molecule has 1 aliphatic heterocycles. The van der Waals surface area contributed by atoms with E-state index in [-0.39, 0.29) is 29.8 Å². The maximum absolute atomic E-state index is 13.8. The summed E-state index contributed by atoms with van der Waals surface area (Å²) < 4.78 is 13.8. The molecular weight excluding hydrogens is 395 g/mol. The molecule has 0 bridgehead atoms. The van der Waals surface area contributed by atoms with Gasteiger partial charge in [0.2, 0.25) is 5.91 Å². The van der Waals surface area contributed by atoms with Crippen molar-refractivity contribution in [2.75, 3.05) is 13.1 Å². The zero-order valence-electron chi connectivity index (χ0n) is 15.8. The Labute approximate surface area is 172 Å². The molecule has 0 aliphatic carbocycles. The molecule has 2 aromatic rings. The van der Waals surface area contributed by atoms with Gasteiger partial charge in [0.15, 0.2) is 0 Å². The zero-order valence-corrected chi connectivity index (χ0v) is 16.6. The van der Waals surface area contributed by atoms with Gasteiger partial charge >= 0.3 is 6.03 Å². The van der Waals surface area contributed by atoms with E-state index in [1.165, 1.54) is 23.5 Å². The number of nitrogens with one attached hydrogen (secondary N) is 2. The molecule has 3 rings (SSSR count). The third-order valence-corrected chi connectivity index (χ3v) is 5.83. The minimum Gasteiger partial charge on any atom is -0.353 e. The molecule has 2 heterocycles. The highest BCUT2D eigenvalue weighted by molar-refractivity contribution is 7.10. The van der Waals surface area contributed by atoms with E-state index >= 15 is 0 Å². The first-order chi connectivity index (χ1) is 13.9. The molecule has 154 valence electrons. The number of nitrogens with zero attached hydrogens (tertiary/aromatic N) is 1. The summed E-state index contributed by atoms with van der Waals surface area (Å²) in [5.74, 6) is -1.07. The number of hydrogen-bond donors (Lipinski definition) is 3. The van der Waals surface area contributed by atoms with Gasteiger partial charge < -0.3 is 21.3 Å². The summed E-state index contributed by atoms with van der Waals surface area (Å²) in [6.45, 7) is 0.873. The molecule has 0 saturated carbocycles. The van der Waals surface area contributed by atoms with Crippen LogP contribution in [0, 0.1) is 5.82 Å². The lowest BCUT2D eigenvalue weighted by Gasteiger charge is -2.32. The molecule has 0 unspecified atom stereocenters. The number of carbonyl (C=O) groups is 3. The lowest BCUT2D eigenvalue weighted by molar-refractivity contribution is -0.122. The number of carbonyl (C=O) groups excluding carboxylic acids is 3. The summed E-state index contributed by atoms with van der Waals surface area (Å²) in [6, 6.07) is 8.36. The molecule has 1 aliphatic rings. The number of urea groups is 1. The predicted molar refractivity (Wildman–Crippen MR) is 108 cm³/mol. The number of hydrogen-bond acceptors (Lipinski definition) is 4. The topological polar surface area (TPSA) is 105 Å². The maximum Gasteiger partial charge on any atom is 0.312 e. The lowest BCUT2D eigenvalue weighted by atomic mass is 10.0. The van der Waals surface area contributed by atoms with Gasteiger partial charge in [0.1, 0.15) is 5.82 Å². The van der Waals surface area contributed by atoms with E-state index in [0.717, 1.165) is 4.88 Å². The van der Waals surface area contributed by atoms with Gasteiger partial charge in [-0.05, 0) is 36.4 Å². The number of halogens is 1. The Morgan fingerprint density at radius 2 is 1.90 bits per heavy atom. The Morgan fingerprint density at radius 3 is 2.52 bits per heavy atom. The van der Waals surface area contributed by atoms with Crippen LogP contribution in [0.15, 0.2) is 41.8 Å². The van der Waals surface area contributed by atoms with Crippen molar-refractivity contribution >= 4 is 29.2 Å². The van der Waals surface area contributed by atoms with E-state index in [1.807, 2.05) is 17.5 Å². The van der Waals surface area contributed by atoms with E-state index in [2.05, 4.69) is 10.6 Å². The van der Waals surface area contributed by atoms with Crippen LogP contribution in [0.5, 0.6) is 0 Å². The number of piperidine rings is 1. The molecule has 1 aromatic heterocycles. The number of rotatable bonds is 6. The van der Waals surface area contributed by atoms with Gasteiger partial charge in [-0.2, -0.15) is 0 Å². The van der Waals surface area contributed by atoms with E-state index in [0.29, 0.717) is 25.9 Å². The largest absolute Gasteiger partial charge is 0.353 e. The maximum atomic E-state index is 13.8. The Morgan fingerprint density at radius 1 is 1.17 bits per heavy atom. The smallest absolute Gasteiger partial charge is 0.312 e. The van der Waals surface area contributed by atoms with Crippen LogP contribution in [0.4, 0.5) is 9.18 Å². The highest BCUT2D eigenvalue weighted by atomic mass is 32.1. The van der Waals surface area contributed by atoms with Crippen molar-refractivity contribution in [2.45, 2.75) is 31.3 Å². The number of amides is 4. The van der Waals surface area contributed by atoms with Crippen LogP contribution in [0.25, 0.3) is 0 Å². The molecule has 4 amide bonds. The summed E-state index contributed by atoms with van der Waals surface area (Å²) in [5, 5.41) is 7.42. The van der Waals surface area contributed by atoms with Gasteiger partial charge in [-0.15, -0.1) is 11.3 Å². The summed E-state index contributed by atoms with van der Waals surface area (Å²) in [5.41, 5.74) is 5.28. The molecule has 1 fully saturated rings. The highest BCUT2D eigenvalue weighted by Crippen LogP contribution is 2.22. The van der Waals surface area contributed by atoms with Crippen molar-refractivity contribution in [1.29, 1.82) is 0 Å². The predicted octanol–water partition coefficient (Wildman–Crippen LogP) is 2.41. The molecule has 4 N–H and O–H groups in total. The van der Waals surface area contributed by atoms with Crippen LogP contribution in [-0.4, -0.2) is 41.9 Å². The second kappa shape index (κ2) is 9.51. The first kappa shape index (κ1) is 20.8. The summed E-state index contributed by atoms with van der Waals surface area (Å²) in [4.78, 5) is 38.6. The fraction of sp³-hybridized carbons (Fsp3) is 0.350. The van der Waals surface area contributed by atoms with Gasteiger partial charge in [-0.25, -0.2) is 9.18 Å². The average molecular weight is 418 g/mol. The number of benzene rings is 1. The molecule has 9 heteroatoms. The molecule has 1 saturated heterocycles. The van der Waals surface area contributed by atoms with E-state index < -0.39 is 17.9 Å². The van der Waals surface area contributed by atoms with Crippen LogP contribution in [0.1, 0.15) is 40.5 Å². The SMILES string of the molecule is NC(=O)N[C@H](CC(=O)NC1CCN(C(=O)c2ccccc2F)CC1)c1cccs1. The van der Waals surface area contributed by atoms with Crippen molar-refractivity contribution < 1.29 is 18.8 Å². The Kier molecular flexibility index (Phi) is 6.82. The van der Waals surface area contributed by atoms with Crippen molar-refractivity contribution in [1.82, 2.24) is 15.5 Å². The van der Waals surface area contributed by atoms with Gasteiger partial charge in [-0.3, -0.25) is 9.59 Å². The standard InChI is InChI=1S/C20H23FN4O3S/c21-15-5-2-1-4-14(15)19(27)25-9-7-13(8-10-25)23-18(26)12-16(24-20(22)28)17-6-3-11-29-17/h1-6,11,13,16H,7-10,12H2,(H,23,26)(H3,22,24,28)/t16-/m1/s1. The van der Waals surface area contributed by atoms with Crippen LogP contribution in [0.2, 0.25) is 0 Å². The summed E-state index contributed by atoms with van der Waals surface area (Å²) in [6.07, 6.45) is 1.25. The van der Waals surface area contributed by atoms with E-state index in [1.54, 1.807) is 17.0 Å². The molecule has 1 aromatic carbocycles. The third kappa shape index (κ3) is 5.54. The summed E-state index contributed by atoms with van der Waals surface area (Å²) in [7, 11) is 0. The van der Waals surface area contributed by atoms with Gasteiger partial charge in [0.25, 0.3) is 5.91 Å². The molecule has 29 heavy (non-hydrogen) atoms. The van der Waals surface area contributed by atoms with Crippen molar-refractivity contribution in [3.8, 4) is 0 Å². The minimum absolute atomic E-state index is 0.0614. The normalized spacial score (nSPS) is 15.6. The number of thiophene rings is 1. The van der Waals surface area contributed by atoms with Crippen LogP contribution in [-0.2, 0) is 4.79 Å². The highest BCUT2D eigenvalue weighted by Gasteiger charge is 2.27. The minimum atomic E-state index is -0.684. The van der Waals surface area contributed by atoms with Gasteiger partial charge in [0.05, 0.1) is 18.0 Å².